The van der Waals surface area contributed by atoms with Crippen molar-refractivity contribution in [2.75, 3.05) is 0 Å². The summed E-state index contributed by atoms with van der Waals surface area (Å²) in [6.45, 7) is 0.378. The topological polar surface area (TPSA) is 50.9 Å². The van der Waals surface area contributed by atoms with E-state index in [1.54, 1.807) is 4.68 Å². The largest absolute Gasteiger partial charge is 0.386 e. The number of fused-ring (bicyclic) bond motifs is 1. The molecule has 0 fully saturated rings. The van der Waals surface area contributed by atoms with E-state index in [9.17, 15) is 5.11 Å². The normalized spacial score (nSPS) is 12.7. The summed E-state index contributed by atoms with van der Waals surface area (Å²) in [5.41, 5.74) is 2.61. The van der Waals surface area contributed by atoms with E-state index in [-0.39, 0.29) is 0 Å². The van der Waals surface area contributed by atoms with Gasteiger partial charge in [-0.15, -0.1) is 5.10 Å². The van der Waals surface area contributed by atoms with E-state index in [0.717, 1.165) is 21.1 Å². The molecule has 0 aliphatic rings. The van der Waals surface area contributed by atoms with Crippen molar-refractivity contribution in [2.24, 2.45) is 0 Å². The van der Waals surface area contributed by atoms with Crippen molar-refractivity contribution in [3.63, 3.8) is 0 Å². The predicted octanol–water partition coefficient (Wildman–Crippen LogP) is 2.93. The second-order valence-electron chi connectivity index (χ2n) is 4.30. The second kappa shape index (κ2) is 5.11. The lowest BCUT2D eigenvalue weighted by molar-refractivity contribution is 0.151. The Kier molecular flexibility index (Phi) is 3.31. The van der Waals surface area contributed by atoms with E-state index in [1.165, 1.54) is 0 Å². The van der Waals surface area contributed by atoms with Crippen LogP contribution in [0.25, 0.3) is 11.0 Å². The lowest BCUT2D eigenvalue weighted by Gasteiger charge is -2.12. The molecule has 0 spiro atoms. The average molecular weight is 318 g/mol. The van der Waals surface area contributed by atoms with Crippen LogP contribution < -0.4 is 0 Å². The zero-order chi connectivity index (χ0) is 13.2. The molecule has 0 aliphatic carbocycles. The van der Waals surface area contributed by atoms with Gasteiger partial charge < -0.3 is 5.11 Å². The van der Waals surface area contributed by atoms with E-state index in [1.807, 2.05) is 48.5 Å². The second-order valence-corrected chi connectivity index (χ2v) is 5.15. The van der Waals surface area contributed by atoms with Gasteiger partial charge in [-0.3, -0.25) is 0 Å². The van der Waals surface area contributed by atoms with Crippen molar-refractivity contribution in [1.82, 2.24) is 15.0 Å². The molecule has 0 amide bonds. The van der Waals surface area contributed by atoms with Crippen LogP contribution in [0.3, 0.4) is 0 Å². The summed E-state index contributed by atoms with van der Waals surface area (Å²) < 4.78 is 2.62. The number of benzene rings is 2. The van der Waals surface area contributed by atoms with Crippen molar-refractivity contribution >= 4 is 27.0 Å². The first-order valence-corrected chi connectivity index (χ1v) is 6.76. The fourth-order valence-corrected chi connectivity index (χ4v) is 2.61. The van der Waals surface area contributed by atoms with Crippen molar-refractivity contribution in [3.05, 3.63) is 58.6 Å². The van der Waals surface area contributed by atoms with Gasteiger partial charge in [-0.05, 0) is 23.8 Å². The molecule has 4 nitrogen and oxygen atoms in total. The third kappa shape index (κ3) is 2.39. The molecule has 1 atom stereocenters. The quantitative estimate of drug-likeness (QED) is 0.808. The molecule has 1 N–H and O–H groups in total. The van der Waals surface area contributed by atoms with Crippen molar-refractivity contribution in [2.45, 2.75) is 12.6 Å². The van der Waals surface area contributed by atoms with Crippen LogP contribution in [0.4, 0.5) is 0 Å². The van der Waals surface area contributed by atoms with Crippen LogP contribution in [0.2, 0.25) is 0 Å². The number of hydrogen-bond donors (Lipinski definition) is 1. The molecule has 0 saturated carbocycles. The minimum atomic E-state index is -0.624. The highest BCUT2D eigenvalue weighted by Crippen LogP contribution is 2.24. The number of aromatic nitrogens is 3. The number of nitrogens with zero attached hydrogens (tertiary/aromatic N) is 3. The van der Waals surface area contributed by atoms with Gasteiger partial charge in [-0.25, -0.2) is 4.68 Å². The minimum Gasteiger partial charge on any atom is -0.386 e. The minimum absolute atomic E-state index is 0.378. The van der Waals surface area contributed by atoms with Crippen LogP contribution in [0.1, 0.15) is 11.7 Å². The number of halogens is 1. The van der Waals surface area contributed by atoms with E-state index in [4.69, 9.17) is 0 Å². The molecule has 0 aliphatic heterocycles. The van der Waals surface area contributed by atoms with Gasteiger partial charge in [0, 0.05) is 4.47 Å². The third-order valence-corrected chi connectivity index (χ3v) is 3.75. The Balaban J connectivity index is 1.91. The summed E-state index contributed by atoms with van der Waals surface area (Å²) in [5, 5.41) is 18.5. The fourth-order valence-electron chi connectivity index (χ4n) is 2.06. The Morgan fingerprint density at radius 3 is 2.68 bits per heavy atom. The van der Waals surface area contributed by atoms with Gasteiger partial charge in [0.2, 0.25) is 0 Å². The van der Waals surface area contributed by atoms with Gasteiger partial charge in [0.05, 0.1) is 18.2 Å². The summed E-state index contributed by atoms with van der Waals surface area (Å²) in [6.07, 6.45) is -0.624. The molecule has 0 saturated heterocycles. The fraction of sp³-hybridized carbons (Fsp3) is 0.143. The Bertz CT molecular complexity index is 710. The van der Waals surface area contributed by atoms with Crippen molar-refractivity contribution in [3.8, 4) is 0 Å². The highest BCUT2D eigenvalue weighted by Gasteiger charge is 2.13. The van der Waals surface area contributed by atoms with Crippen molar-refractivity contribution in [1.29, 1.82) is 0 Å². The number of rotatable bonds is 3. The zero-order valence-electron chi connectivity index (χ0n) is 10.1. The van der Waals surface area contributed by atoms with Crippen LogP contribution >= 0.6 is 15.9 Å². The number of hydrogen-bond acceptors (Lipinski definition) is 3. The molecule has 96 valence electrons. The monoisotopic (exact) mass is 317 g/mol. The molecular formula is C14H12BrN3O. The lowest BCUT2D eigenvalue weighted by atomic mass is 10.1. The molecule has 1 unspecified atom stereocenters. The first kappa shape index (κ1) is 12.3. The Morgan fingerprint density at radius 1 is 1.11 bits per heavy atom. The average Bonchev–Trinajstić information content (AvgIpc) is 2.83. The zero-order valence-corrected chi connectivity index (χ0v) is 11.7. The SMILES string of the molecule is OC(Cn1nnc2ccccc21)c1ccccc1Br. The smallest absolute Gasteiger partial charge is 0.113 e. The van der Waals surface area contributed by atoms with Crippen molar-refractivity contribution < 1.29 is 5.11 Å². The molecule has 1 aromatic heterocycles. The van der Waals surface area contributed by atoms with Gasteiger partial charge in [-0.2, -0.15) is 0 Å². The Hall–Kier alpha value is -1.72. The third-order valence-electron chi connectivity index (χ3n) is 3.03. The van der Waals surface area contributed by atoms with Gasteiger partial charge in [-0.1, -0.05) is 51.5 Å². The maximum absolute atomic E-state index is 10.3. The summed E-state index contributed by atoms with van der Waals surface area (Å²) in [6, 6.07) is 15.4. The Labute approximate surface area is 118 Å². The predicted molar refractivity (Wildman–Crippen MR) is 76.6 cm³/mol. The molecule has 1 heterocycles. The summed E-state index contributed by atoms with van der Waals surface area (Å²) in [7, 11) is 0. The molecule has 19 heavy (non-hydrogen) atoms. The van der Waals surface area contributed by atoms with E-state index < -0.39 is 6.10 Å². The number of para-hydroxylation sites is 1. The summed E-state index contributed by atoms with van der Waals surface area (Å²) in [5.74, 6) is 0. The highest BCUT2D eigenvalue weighted by molar-refractivity contribution is 9.10. The summed E-state index contributed by atoms with van der Waals surface area (Å²) >= 11 is 3.45. The summed E-state index contributed by atoms with van der Waals surface area (Å²) in [4.78, 5) is 0. The van der Waals surface area contributed by atoms with Crippen LogP contribution in [-0.4, -0.2) is 20.1 Å². The van der Waals surface area contributed by atoms with Crippen LogP contribution in [0.15, 0.2) is 53.0 Å². The number of aliphatic hydroxyl groups is 1. The van der Waals surface area contributed by atoms with Gasteiger partial charge in [0.25, 0.3) is 0 Å². The van der Waals surface area contributed by atoms with E-state index >= 15 is 0 Å². The molecular weight excluding hydrogens is 306 g/mol. The molecule has 0 radical (unpaired) electrons. The first-order chi connectivity index (χ1) is 9.25. The van der Waals surface area contributed by atoms with Gasteiger partial charge in [0.15, 0.2) is 0 Å². The van der Waals surface area contributed by atoms with Gasteiger partial charge >= 0.3 is 0 Å². The molecule has 3 aromatic rings. The standard InChI is InChI=1S/C14H12BrN3O/c15-11-6-2-1-5-10(11)14(19)9-18-13-8-4-3-7-12(13)16-17-18/h1-8,14,19H,9H2. The lowest BCUT2D eigenvalue weighted by Crippen LogP contribution is -2.10. The maximum Gasteiger partial charge on any atom is 0.113 e. The number of aliphatic hydroxyl groups excluding tert-OH is 1. The molecule has 0 bridgehead atoms. The van der Waals surface area contributed by atoms with Crippen LogP contribution in [0, 0.1) is 0 Å². The first-order valence-electron chi connectivity index (χ1n) is 5.96. The maximum atomic E-state index is 10.3. The molecule has 3 rings (SSSR count). The van der Waals surface area contributed by atoms with Crippen LogP contribution in [-0.2, 0) is 6.54 Å². The Morgan fingerprint density at radius 2 is 1.84 bits per heavy atom. The molecule has 2 aromatic carbocycles. The van der Waals surface area contributed by atoms with E-state index in [2.05, 4.69) is 26.2 Å². The van der Waals surface area contributed by atoms with Gasteiger partial charge in [0.1, 0.15) is 5.52 Å². The van der Waals surface area contributed by atoms with Crippen LogP contribution in [0.5, 0.6) is 0 Å². The van der Waals surface area contributed by atoms with E-state index in [0.29, 0.717) is 6.54 Å². The highest BCUT2D eigenvalue weighted by atomic mass is 79.9. The molecule has 5 heteroatoms.